The number of carbonyl (C=O) groups excluding carboxylic acids is 1. The molecule has 0 spiro atoms. The second-order valence-electron chi connectivity index (χ2n) is 9.47. The van der Waals surface area contributed by atoms with Crippen LogP contribution in [0.3, 0.4) is 0 Å². The fourth-order valence-electron chi connectivity index (χ4n) is 4.75. The van der Waals surface area contributed by atoms with Crippen molar-refractivity contribution < 1.29 is 17.9 Å². The smallest absolute Gasteiger partial charge is 0.277 e. The largest absolute Gasteiger partial charge is 0.496 e. The minimum atomic E-state index is -3.74. The molecule has 6 N–H and O–H groups in total. The van der Waals surface area contributed by atoms with Gasteiger partial charge in [-0.3, -0.25) is 4.79 Å². The summed E-state index contributed by atoms with van der Waals surface area (Å²) in [4.78, 5) is 16.9. The molecule has 0 unspecified atom stereocenters. The Balaban J connectivity index is 1.57. The molecule has 2 aromatic rings. The lowest BCUT2D eigenvalue weighted by molar-refractivity contribution is 0.0932. The molecule has 2 aromatic carbocycles. The number of aliphatic imine (C=N–C) groups is 1. The Bertz CT molecular complexity index is 1310. The van der Waals surface area contributed by atoms with Gasteiger partial charge in [0.2, 0.25) is 0 Å². The van der Waals surface area contributed by atoms with Gasteiger partial charge in [0.15, 0.2) is 5.96 Å². The van der Waals surface area contributed by atoms with E-state index in [-0.39, 0.29) is 41.6 Å². The van der Waals surface area contributed by atoms with Crippen molar-refractivity contribution in [1.29, 1.82) is 0 Å². The Hall–Kier alpha value is -3.38. The summed E-state index contributed by atoms with van der Waals surface area (Å²) in [6.07, 6.45) is 5.59. The molecular formula is C28H37ClN6O4S. The number of nitrogens with two attached hydrogens (primary N) is 1. The summed E-state index contributed by atoms with van der Waals surface area (Å²) in [6, 6.07) is 16.9. The van der Waals surface area contributed by atoms with Crippen LogP contribution in [-0.2, 0) is 15.6 Å². The zero-order valence-corrected chi connectivity index (χ0v) is 24.1. The van der Waals surface area contributed by atoms with E-state index in [0.29, 0.717) is 43.5 Å². The Morgan fingerprint density at radius 2 is 1.80 bits per heavy atom. The van der Waals surface area contributed by atoms with Gasteiger partial charge < -0.3 is 21.1 Å². The molecule has 40 heavy (non-hydrogen) atoms. The molecule has 216 valence electrons. The molecule has 0 bridgehead atoms. The summed E-state index contributed by atoms with van der Waals surface area (Å²) >= 11 is 5.84. The quantitative estimate of drug-likeness (QED) is 0.0799. The normalized spacial score (nSPS) is 20.0. The molecule has 3 rings (SSSR count). The van der Waals surface area contributed by atoms with Crippen LogP contribution in [0.2, 0.25) is 0 Å². The minimum absolute atomic E-state index is 0.0672. The lowest BCUT2D eigenvalue weighted by atomic mass is 9.68. The molecule has 0 radical (unpaired) electrons. The Labute approximate surface area is 241 Å². The molecule has 0 heterocycles. The topological polar surface area (TPSA) is 147 Å². The van der Waals surface area contributed by atoms with Gasteiger partial charge in [-0.15, -0.1) is 0 Å². The standard InChI is InChI=1S/C28H37ClN6O4S/c1-3-9-25(29)34-27(30)31-18-19-33-40(37,38)35-22-14-16-28(17-15-22,21-10-5-4-6-11-21)20-32-26(36)23-12-7-8-13-24(23)39-2/h3-13,22,33,35H,1,14-20H2,2H3,(H,32,36)(H3,30,31,34)/b25-9-/t22-,28-. The van der Waals surface area contributed by atoms with E-state index in [2.05, 4.69) is 43.8 Å². The predicted octanol–water partition coefficient (Wildman–Crippen LogP) is 2.90. The molecule has 1 saturated carbocycles. The fraction of sp³-hybridized carbons (Fsp3) is 0.357. The van der Waals surface area contributed by atoms with E-state index in [9.17, 15) is 13.2 Å². The van der Waals surface area contributed by atoms with Gasteiger partial charge in [-0.2, -0.15) is 13.1 Å². The molecular weight excluding hydrogens is 552 g/mol. The number of hydrogen-bond donors (Lipinski definition) is 5. The first-order valence-electron chi connectivity index (χ1n) is 13.0. The van der Waals surface area contributed by atoms with Gasteiger partial charge in [-0.1, -0.05) is 66.7 Å². The van der Waals surface area contributed by atoms with Crippen LogP contribution in [0.25, 0.3) is 0 Å². The highest BCUT2D eigenvalue weighted by atomic mass is 35.5. The summed E-state index contributed by atoms with van der Waals surface area (Å²) in [5.41, 5.74) is 6.99. The number of methoxy groups -OCH3 is 1. The zero-order chi connectivity index (χ0) is 29.0. The molecule has 1 aliphatic rings. The predicted molar refractivity (Wildman–Crippen MR) is 160 cm³/mol. The van der Waals surface area contributed by atoms with Crippen molar-refractivity contribution in [2.45, 2.75) is 37.1 Å². The summed E-state index contributed by atoms with van der Waals surface area (Å²) in [7, 11) is -2.20. The zero-order valence-electron chi connectivity index (χ0n) is 22.5. The van der Waals surface area contributed by atoms with Gasteiger partial charge in [0.25, 0.3) is 16.1 Å². The number of nitrogens with zero attached hydrogens (tertiary/aromatic N) is 1. The lowest BCUT2D eigenvalue weighted by Gasteiger charge is -2.41. The number of rotatable bonds is 13. The first-order valence-corrected chi connectivity index (χ1v) is 14.8. The number of carbonyl (C=O) groups is 1. The van der Waals surface area contributed by atoms with Crippen molar-refractivity contribution in [1.82, 2.24) is 20.1 Å². The van der Waals surface area contributed by atoms with Crippen LogP contribution in [0.5, 0.6) is 5.75 Å². The van der Waals surface area contributed by atoms with Gasteiger partial charge in [0, 0.05) is 31.1 Å². The number of halogens is 1. The molecule has 0 aliphatic heterocycles. The van der Waals surface area contributed by atoms with Crippen LogP contribution < -0.4 is 30.5 Å². The maximum atomic E-state index is 13.0. The van der Waals surface area contributed by atoms with E-state index < -0.39 is 10.2 Å². The molecule has 12 heteroatoms. The van der Waals surface area contributed by atoms with Crippen LogP contribution in [0, 0.1) is 0 Å². The van der Waals surface area contributed by atoms with Crippen molar-refractivity contribution >= 4 is 33.7 Å². The number of hydrogen-bond acceptors (Lipinski definition) is 5. The van der Waals surface area contributed by atoms with Crippen molar-refractivity contribution in [3.63, 3.8) is 0 Å². The van der Waals surface area contributed by atoms with Gasteiger partial charge in [0.1, 0.15) is 10.9 Å². The van der Waals surface area contributed by atoms with Gasteiger partial charge in [-0.25, -0.2) is 9.71 Å². The Kier molecular flexibility index (Phi) is 11.6. The van der Waals surface area contributed by atoms with Crippen molar-refractivity contribution in [3.8, 4) is 5.75 Å². The molecule has 0 atom stereocenters. The highest BCUT2D eigenvalue weighted by Gasteiger charge is 2.38. The van der Waals surface area contributed by atoms with Crippen LogP contribution in [-0.4, -0.2) is 53.1 Å². The second kappa shape index (κ2) is 14.8. The van der Waals surface area contributed by atoms with E-state index in [0.717, 1.165) is 5.56 Å². The van der Waals surface area contributed by atoms with E-state index in [1.54, 1.807) is 18.2 Å². The Morgan fingerprint density at radius 3 is 2.48 bits per heavy atom. The van der Waals surface area contributed by atoms with Crippen molar-refractivity contribution in [2.75, 3.05) is 26.7 Å². The monoisotopic (exact) mass is 588 g/mol. The number of para-hydroxylation sites is 1. The van der Waals surface area contributed by atoms with Crippen LogP contribution in [0.1, 0.15) is 41.6 Å². The fourth-order valence-corrected chi connectivity index (χ4v) is 6.06. The van der Waals surface area contributed by atoms with E-state index >= 15 is 0 Å². The molecule has 1 aliphatic carbocycles. The van der Waals surface area contributed by atoms with E-state index in [4.69, 9.17) is 22.1 Å². The molecule has 0 saturated heterocycles. The SMILES string of the molecule is C=C/C=C(Cl)\N=C(/N)NCCNS(=O)(=O)N[C@H]1CC[C@](CNC(=O)c2ccccc2OC)(c2ccccc2)CC1. The molecule has 10 nitrogen and oxygen atoms in total. The van der Waals surface area contributed by atoms with Crippen molar-refractivity contribution in [3.05, 3.63) is 89.6 Å². The van der Waals surface area contributed by atoms with Crippen molar-refractivity contribution in [2.24, 2.45) is 10.7 Å². The minimum Gasteiger partial charge on any atom is -0.496 e. The summed E-state index contributed by atoms with van der Waals surface area (Å²) < 4.78 is 35.9. The van der Waals surface area contributed by atoms with Gasteiger partial charge in [0.05, 0.1) is 12.7 Å². The molecule has 1 amide bonds. The maximum absolute atomic E-state index is 13.0. The molecule has 1 fully saturated rings. The number of ether oxygens (including phenoxy) is 1. The number of amides is 1. The summed E-state index contributed by atoms with van der Waals surface area (Å²) in [5.74, 6) is 0.369. The van der Waals surface area contributed by atoms with Gasteiger partial charge >= 0.3 is 0 Å². The molecule has 0 aromatic heterocycles. The first-order chi connectivity index (χ1) is 19.2. The highest BCUT2D eigenvalue weighted by molar-refractivity contribution is 7.87. The lowest BCUT2D eigenvalue weighted by Crippen LogP contribution is -2.50. The first kappa shape index (κ1) is 31.2. The average Bonchev–Trinajstić information content (AvgIpc) is 2.95. The van der Waals surface area contributed by atoms with E-state index in [1.165, 1.54) is 19.3 Å². The summed E-state index contributed by atoms with van der Waals surface area (Å²) in [6.45, 7) is 4.27. The van der Waals surface area contributed by atoms with Crippen LogP contribution in [0.4, 0.5) is 0 Å². The van der Waals surface area contributed by atoms with Gasteiger partial charge in [-0.05, 0) is 49.5 Å². The number of benzene rings is 2. The maximum Gasteiger partial charge on any atom is 0.277 e. The third kappa shape index (κ3) is 9.09. The number of guanidine groups is 1. The highest BCUT2D eigenvalue weighted by Crippen LogP contribution is 2.39. The third-order valence-corrected chi connectivity index (χ3v) is 8.23. The van der Waals surface area contributed by atoms with Crippen LogP contribution >= 0.6 is 11.6 Å². The average molecular weight is 589 g/mol. The summed E-state index contributed by atoms with van der Waals surface area (Å²) in [5, 5.41) is 6.04. The van der Waals surface area contributed by atoms with Crippen LogP contribution in [0.15, 0.2) is 83.5 Å². The second-order valence-corrected chi connectivity index (χ2v) is 11.4. The van der Waals surface area contributed by atoms with E-state index in [1.807, 2.05) is 24.3 Å². The number of nitrogens with one attached hydrogen (secondary N) is 4. The third-order valence-electron chi connectivity index (χ3n) is 6.80. The Morgan fingerprint density at radius 1 is 1.12 bits per heavy atom. The number of allylic oxidation sites excluding steroid dienone is 2.